The SMILES string of the molecule is COc1ccccc1NC(C)c1ccc2c(c1)CCC2. The van der Waals surface area contributed by atoms with Gasteiger partial charge >= 0.3 is 0 Å². The van der Waals surface area contributed by atoms with E-state index in [0.29, 0.717) is 0 Å². The zero-order valence-electron chi connectivity index (χ0n) is 12.1. The number of ether oxygens (including phenoxy) is 1. The van der Waals surface area contributed by atoms with Gasteiger partial charge < -0.3 is 10.1 Å². The quantitative estimate of drug-likeness (QED) is 0.888. The second kappa shape index (κ2) is 5.58. The number of nitrogens with one attached hydrogen (secondary N) is 1. The average Bonchev–Trinajstić information content (AvgIpc) is 2.95. The van der Waals surface area contributed by atoms with Crippen LogP contribution in [0.2, 0.25) is 0 Å². The first-order chi connectivity index (χ1) is 9.78. The van der Waals surface area contributed by atoms with Crippen LogP contribution in [0, 0.1) is 0 Å². The fourth-order valence-corrected chi connectivity index (χ4v) is 2.94. The molecule has 0 saturated carbocycles. The molecule has 0 aliphatic heterocycles. The highest BCUT2D eigenvalue weighted by molar-refractivity contribution is 5.57. The number of para-hydroxylation sites is 2. The molecule has 104 valence electrons. The Morgan fingerprint density at radius 1 is 1.05 bits per heavy atom. The molecule has 0 bridgehead atoms. The molecule has 0 radical (unpaired) electrons. The highest BCUT2D eigenvalue weighted by Crippen LogP contribution is 2.30. The van der Waals surface area contributed by atoms with Crippen molar-refractivity contribution in [2.45, 2.75) is 32.2 Å². The molecule has 1 N–H and O–H groups in total. The van der Waals surface area contributed by atoms with Crippen molar-refractivity contribution in [3.05, 3.63) is 59.2 Å². The Hall–Kier alpha value is -1.96. The molecular weight excluding hydrogens is 246 g/mol. The standard InChI is InChI=1S/C18H21NO/c1-13(19-17-8-3-4-9-18(17)20-2)15-11-10-14-6-5-7-16(14)12-15/h3-4,8-13,19H,5-7H2,1-2H3. The van der Waals surface area contributed by atoms with Crippen LogP contribution in [-0.4, -0.2) is 7.11 Å². The van der Waals surface area contributed by atoms with Gasteiger partial charge in [0.25, 0.3) is 0 Å². The summed E-state index contributed by atoms with van der Waals surface area (Å²) in [5, 5.41) is 3.54. The maximum Gasteiger partial charge on any atom is 0.141 e. The van der Waals surface area contributed by atoms with Gasteiger partial charge in [0.2, 0.25) is 0 Å². The van der Waals surface area contributed by atoms with E-state index < -0.39 is 0 Å². The zero-order valence-corrected chi connectivity index (χ0v) is 12.1. The fraction of sp³-hybridized carbons (Fsp3) is 0.333. The van der Waals surface area contributed by atoms with Crippen molar-refractivity contribution in [1.82, 2.24) is 0 Å². The van der Waals surface area contributed by atoms with Crippen LogP contribution in [0.5, 0.6) is 5.75 Å². The van der Waals surface area contributed by atoms with Crippen LogP contribution < -0.4 is 10.1 Å². The maximum absolute atomic E-state index is 5.39. The number of rotatable bonds is 4. The summed E-state index contributed by atoms with van der Waals surface area (Å²) in [7, 11) is 1.71. The van der Waals surface area contributed by atoms with E-state index >= 15 is 0 Å². The first kappa shape index (κ1) is 13.0. The molecular formula is C18H21NO. The predicted octanol–water partition coefficient (Wildman–Crippen LogP) is 4.36. The van der Waals surface area contributed by atoms with E-state index in [9.17, 15) is 0 Å². The van der Waals surface area contributed by atoms with Crippen LogP contribution in [0.25, 0.3) is 0 Å². The predicted molar refractivity (Wildman–Crippen MR) is 83.5 cm³/mol. The van der Waals surface area contributed by atoms with Gasteiger partial charge in [-0.3, -0.25) is 0 Å². The number of hydrogen-bond acceptors (Lipinski definition) is 2. The molecule has 0 amide bonds. The van der Waals surface area contributed by atoms with E-state index in [-0.39, 0.29) is 6.04 Å². The summed E-state index contributed by atoms with van der Waals surface area (Å²) in [6.07, 6.45) is 3.77. The molecule has 2 nitrogen and oxygen atoms in total. The first-order valence-corrected chi connectivity index (χ1v) is 7.29. The van der Waals surface area contributed by atoms with Crippen LogP contribution in [0.3, 0.4) is 0 Å². The zero-order chi connectivity index (χ0) is 13.9. The van der Waals surface area contributed by atoms with E-state index in [1.807, 2.05) is 18.2 Å². The Bertz CT molecular complexity index is 606. The number of methoxy groups -OCH3 is 1. The average molecular weight is 267 g/mol. The van der Waals surface area contributed by atoms with Gasteiger partial charge in [-0.05, 0) is 55.0 Å². The molecule has 1 aliphatic carbocycles. The molecule has 0 saturated heterocycles. The number of aryl methyl sites for hydroxylation is 2. The first-order valence-electron chi connectivity index (χ1n) is 7.29. The van der Waals surface area contributed by atoms with E-state index in [0.717, 1.165) is 11.4 Å². The van der Waals surface area contributed by atoms with Crippen LogP contribution >= 0.6 is 0 Å². The van der Waals surface area contributed by atoms with Crippen molar-refractivity contribution in [2.75, 3.05) is 12.4 Å². The monoisotopic (exact) mass is 267 g/mol. The number of anilines is 1. The minimum absolute atomic E-state index is 0.275. The molecule has 0 heterocycles. The molecule has 1 atom stereocenters. The van der Waals surface area contributed by atoms with Gasteiger partial charge in [0, 0.05) is 6.04 Å². The molecule has 3 rings (SSSR count). The molecule has 1 unspecified atom stereocenters. The third-order valence-electron chi connectivity index (χ3n) is 4.10. The van der Waals surface area contributed by atoms with Crippen molar-refractivity contribution in [1.29, 1.82) is 0 Å². The summed E-state index contributed by atoms with van der Waals surface area (Å²) in [6.45, 7) is 2.20. The van der Waals surface area contributed by atoms with Crippen LogP contribution in [0.4, 0.5) is 5.69 Å². The third kappa shape index (κ3) is 2.51. The van der Waals surface area contributed by atoms with Gasteiger partial charge in [0.15, 0.2) is 0 Å². The Morgan fingerprint density at radius 2 is 1.85 bits per heavy atom. The van der Waals surface area contributed by atoms with Crippen LogP contribution in [-0.2, 0) is 12.8 Å². The Kier molecular flexibility index (Phi) is 3.64. The van der Waals surface area contributed by atoms with E-state index in [1.165, 1.54) is 36.0 Å². The van der Waals surface area contributed by atoms with E-state index in [4.69, 9.17) is 4.74 Å². The number of hydrogen-bond donors (Lipinski definition) is 1. The van der Waals surface area contributed by atoms with Gasteiger partial charge in [0.1, 0.15) is 5.75 Å². The number of fused-ring (bicyclic) bond motifs is 1. The van der Waals surface area contributed by atoms with Crippen molar-refractivity contribution in [2.24, 2.45) is 0 Å². The van der Waals surface area contributed by atoms with Gasteiger partial charge in [-0.25, -0.2) is 0 Å². The van der Waals surface area contributed by atoms with Crippen LogP contribution in [0.15, 0.2) is 42.5 Å². The largest absolute Gasteiger partial charge is 0.495 e. The van der Waals surface area contributed by atoms with Gasteiger partial charge in [-0.1, -0.05) is 30.3 Å². The lowest BCUT2D eigenvalue weighted by Gasteiger charge is -2.18. The Morgan fingerprint density at radius 3 is 2.70 bits per heavy atom. The lowest BCUT2D eigenvalue weighted by Crippen LogP contribution is -2.08. The summed E-state index contributed by atoms with van der Waals surface area (Å²) >= 11 is 0. The van der Waals surface area contributed by atoms with Gasteiger partial charge in [-0.2, -0.15) is 0 Å². The molecule has 2 aromatic rings. The fourth-order valence-electron chi connectivity index (χ4n) is 2.94. The maximum atomic E-state index is 5.39. The van der Waals surface area contributed by atoms with Crippen molar-refractivity contribution < 1.29 is 4.74 Å². The van der Waals surface area contributed by atoms with Crippen LogP contribution in [0.1, 0.15) is 36.1 Å². The molecule has 2 aromatic carbocycles. The Balaban J connectivity index is 1.81. The molecule has 2 heteroatoms. The van der Waals surface area contributed by atoms with Gasteiger partial charge in [0.05, 0.1) is 12.8 Å². The van der Waals surface area contributed by atoms with Crippen molar-refractivity contribution in [3.63, 3.8) is 0 Å². The van der Waals surface area contributed by atoms with E-state index in [2.05, 4.69) is 36.5 Å². The summed E-state index contributed by atoms with van der Waals surface area (Å²) in [4.78, 5) is 0. The summed E-state index contributed by atoms with van der Waals surface area (Å²) in [5.41, 5.74) is 5.44. The topological polar surface area (TPSA) is 21.3 Å². The number of benzene rings is 2. The molecule has 0 spiro atoms. The molecule has 20 heavy (non-hydrogen) atoms. The minimum Gasteiger partial charge on any atom is -0.495 e. The normalized spacial score (nSPS) is 14.7. The third-order valence-corrected chi connectivity index (χ3v) is 4.10. The van der Waals surface area contributed by atoms with Crippen molar-refractivity contribution >= 4 is 5.69 Å². The smallest absolute Gasteiger partial charge is 0.141 e. The van der Waals surface area contributed by atoms with Gasteiger partial charge in [-0.15, -0.1) is 0 Å². The summed E-state index contributed by atoms with van der Waals surface area (Å²) in [6, 6.07) is 15.2. The van der Waals surface area contributed by atoms with Crippen molar-refractivity contribution in [3.8, 4) is 5.75 Å². The lowest BCUT2D eigenvalue weighted by atomic mass is 10.0. The second-order valence-electron chi connectivity index (χ2n) is 5.45. The van der Waals surface area contributed by atoms with E-state index in [1.54, 1.807) is 7.11 Å². The summed E-state index contributed by atoms with van der Waals surface area (Å²) in [5.74, 6) is 0.889. The Labute approximate surface area is 120 Å². The second-order valence-corrected chi connectivity index (χ2v) is 5.45. The molecule has 0 fully saturated rings. The highest BCUT2D eigenvalue weighted by atomic mass is 16.5. The minimum atomic E-state index is 0.275. The highest BCUT2D eigenvalue weighted by Gasteiger charge is 2.14. The summed E-state index contributed by atoms with van der Waals surface area (Å²) < 4.78 is 5.39. The molecule has 1 aliphatic rings. The molecule has 0 aromatic heterocycles. The lowest BCUT2D eigenvalue weighted by molar-refractivity contribution is 0.416.